The number of thiocarbonyl (C=S) groups is 1. The molecule has 3 nitrogen and oxygen atoms in total. The third-order valence-electron chi connectivity index (χ3n) is 4.42. The van der Waals surface area contributed by atoms with Gasteiger partial charge in [-0.15, -0.1) is 0 Å². The van der Waals surface area contributed by atoms with Crippen LogP contribution >= 0.6 is 12.2 Å². The summed E-state index contributed by atoms with van der Waals surface area (Å²) >= 11 is 5.37. The van der Waals surface area contributed by atoms with Gasteiger partial charge in [0.25, 0.3) is 0 Å². The van der Waals surface area contributed by atoms with Gasteiger partial charge in [0, 0.05) is 31.9 Å². The van der Waals surface area contributed by atoms with Crippen LogP contribution in [0.1, 0.15) is 23.1 Å². The maximum atomic E-state index is 5.37. The Bertz CT molecular complexity index is 699. The van der Waals surface area contributed by atoms with Gasteiger partial charge in [0.05, 0.1) is 0 Å². The Morgan fingerprint density at radius 1 is 1.12 bits per heavy atom. The molecule has 24 heavy (non-hydrogen) atoms. The predicted octanol–water partition coefficient (Wildman–Crippen LogP) is 3.73. The number of hydrogen-bond acceptors (Lipinski definition) is 2. The molecule has 4 heteroatoms. The van der Waals surface area contributed by atoms with Crippen LogP contribution in [-0.2, 0) is 13.0 Å². The van der Waals surface area contributed by atoms with Crippen molar-refractivity contribution >= 4 is 23.0 Å². The number of aryl methyl sites for hydroxylation is 1. The van der Waals surface area contributed by atoms with Crippen LogP contribution in [0.2, 0.25) is 0 Å². The zero-order valence-corrected chi connectivity index (χ0v) is 15.0. The maximum Gasteiger partial charge on any atom is 0.170 e. The Labute approximate surface area is 150 Å². The Kier molecular flexibility index (Phi) is 5.83. The highest BCUT2D eigenvalue weighted by atomic mass is 32.1. The molecule has 2 aromatic carbocycles. The minimum absolute atomic E-state index is 0.699. The number of benzene rings is 2. The van der Waals surface area contributed by atoms with Crippen molar-refractivity contribution in [1.29, 1.82) is 0 Å². The predicted molar refractivity (Wildman–Crippen MR) is 105 cm³/mol. The summed E-state index contributed by atoms with van der Waals surface area (Å²) in [7, 11) is 0. The molecule has 0 radical (unpaired) electrons. The summed E-state index contributed by atoms with van der Waals surface area (Å²) in [5, 5.41) is 7.24. The first kappa shape index (κ1) is 16.9. The highest BCUT2D eigenvalue weighted by Gasteiger charge is 2.14. The Morgan fingerprint density at radius 3 is 2.79 bits per heavy atom. The van der Waals surface area contributed by atoms with Gasteiger partial charge in [-0.1, -0.05) is 36.4 Å². The van der Waals surface area contributed by atoms with Crippen molar-refractivity contribution < 1.29 is 0 Å². The van der Waals surface area contributed by atoms with E-state index < -0.39 is 0 Å². The van der Waals surface area contributed by atoms with Crippen LogP contribution in [-0.4, -0.2) is 29.6 Å². The second-order valence-electron chi connectivity index (χ2n) is 6.40. The molecule has 0 bridgehead atoms. The summed E-state index contributed by atoms with van der Waals surface area (Å²) in [4.78, 5) is 2.53. The summed E-state index contributed by atoms with van der Waals surface area (Å²) in [5.74, 6) is 0. The fourth-order valence-corrected chi connectivity index (χ4v) is 3.37. The molecule has 1 heterocycles. The monoisotopic (exact) mass is 339 g/mol. The number of nitrogens with zero attached hydrogens (tertiary/aromatic N) is 1. The maximum absolute atomic E-state index is 5.37. The molecule has 0 saturated heterocycles. The van der Waals surface area contributed by atoms with Gasteiger partial charge in [-0.25, -0.2) is 0 Å². The smallest absolute Gasteiger partial charge is 0.170 e. The third-order valence-corrected chi connectivity index (χ3v) is 4.67. The van der Waals surface area contributed by atoms with E-state index >= 15 is 0 Å². The lowest BCUT2D eigenvalue weighted by atomic mass is 10.00. The van der Waals surface area contributed by atoms with E-state index in [-0.39, 0.29) is 0 Å². The van der Waals surface area contributed by atoms with Crippen LogP contribution in [0.25, 0.3) is 0 Å². The van der Waals surface area contributed by atoms with Crippen LogP contribution in [0.5, 0.6) is 0 Å². The van der Waals surface area contributed by atoms with E-state index in [4.69, 9.17) is 12.2 Å². The molecule has 0 unspecified atom stereocenters. The first-order chi connectivity index (χ1) is 11.7. The number of rotatable bonds is 5. The first-order valence-electron chi connectivity index (χ1n) is 8.61. The SMILES string of the molecule is Cc1cccc(NC(=S)NCCCN2CCc3ccccc3C2)c1. The molecule has 126 valence electrons. The molecule has 0 amide bonds. The lowest BCUT2D eigenvalue weighted by Crippen LogP contribution is -2.34. The van der Waals surface area contributed by atoms with Crippen molar-refractivity contribution in [2.45, 2.75) is 26.3 Å². The van der Waals surface area contributed by atoms with Crippen LogP contribution in [0.3, 0.4) is 0 Å². The normalized spacial score (nSPS) is 14.0. The van der Waals surface area contributed by atoms with E-state index in [0.29, 0.717) is 5.11 Å². The van der Waals surface area contributed by atoms with Crippen molar-refractivity contribution in [1.82, 2.24) is 10.2 Å². The Morgan fingerprint density at radius 2 is 1.96 bits per heavy atom. The zero-order valence-electron chi connectivity index (χ0n) is 14.2. The molecule has 0 spiro atoms. The Balaban J connectivity index is 1.36. The van der Waals surface area contributed by atoms with E-state index in [1.807, 2.05) is 12.1 Å². The van der Waals surface area contributed by atoms with E-state index in [0.717, 1.165) is 44.7 Å². The van der Waals surface area contributed by atoms with Gasteiger partial charge in [-0.2, -0.15) is 0 Å². The third kappa shape index (κ3) is 4.79. The lowest BCUT2D eigenvalue weighted by molar-refractivity contribution is 0.251. The van der Waals surface area contributed by atoms with Crippen molar-refractivity contribution in [3.05, 3.63) is 65.2 Å². The van der Waals surface area contributed by atoms with Crippen molar-refractivity contribution in [3.63, 3.8) is 0 Å². The Hall–Kier alpha value is -1.91. The molecule has 2 aromatic rings. The fourth-order valence-electron chi connectivity index (χ4n) is 3.15. The molecule has 0 aliphatic carbocycles. The topological polar surface area (TPSA) is 27.3 Å². The molecule has 2 N–H and O–H groups in total. The molecule has 0 fully saturated rings. The van der Waals surface area contributed by atoms with Gasteiger partial charge in [-0.3, -0.25) is 4.90 Å². The summed E-state index contributed by atoms with van der Waals surface area (Å²) in [6, 6.07) is 17.0. The minimum atomic E-state index is 0.699. The fraction of sp³-hybridized carbons (Fsp3) is 0.350. The number of anilines is 1. The minimum Gasteiger partial charge on any atom is -0.362 e. The first-order valence-corrected chi connectivity index (χ1v) is 9.02. The number of fused-ring (bicyclic) bond motifs is 1. The van der Waals surface area contributed by atoms with Gasteiger partial charge in [0.2, 0.25) is 0 Å². The van der Waals surface area contributed by atoms with Gasteiger partial charge in [0.1, 0.15) is 0 Å². The van der Waals surface area contributed by atoms with Gasteiger partial charge in [-0.05, 0) is 60.8 Å². The summed E-state index contributed by atoms with van der Waals surface area (Å²) in [5.41, 5.74) is 5.26. The molecular formula is C20H25N3S. The van der Waals surface area contributed by atoms with E-state index in [1.165, 1.54) is 16.7 Å². The average molecular weight is 340 g/mol. The number of nitrogens with one attached hydrogen (secondary N) is 2. The summed E-state index contributed by atoms with van der Waals surface area (Å²) in [6.45, 7) is 6.31. The molecule has 3 rings (SSSR count). The molecular weight excluding hydrogens is 314 g/mol. The van der Waals surface area contributed by atoms with Crippen molar-refractivity contribution in [2.24, 2.45) is 0 Å². The van der Waals surface area contributed by atoms with Gasteiger partial charge >= 0.3 is 0 Å². The van der Waals surface area contributed by atoms with Gasteiger partial charge < -0.3 is 10.6 Å². The van der Waals surface area contributed by atoms with E-state index in [1.54, 1.807) is 0 Å². The van der Waals surface area contributed by atoms with Crippen LogP contribution in [0.4, 0.5) is 5.69 Å². The van der Waals surface area contributed by atoms with Crippen molar-refractivity contribution in [2.75, 3.05) is 25.0 Å². The zero-order chi connectivity index (χ0) is 16.8. The molecule has 1 aliphatic heterocycles. The second-order valence-corrected chi connectivity index (χ2v) is 6.81. The van der Waals surface area contributed by atoms with Gasteiger partial charge in [0.15, 0.2) is 5.11 Å². The standard InChI is InChI=1S/C20H25N3S/c1-16-6-4-9-19(14-16)22-20(24)21-11-5-12-23-13-10-17-7-2-3-8-18(17)15-23/h2-4,6-9,14H,5,10-13,15H2,1H3,(H2,21,22,24). The average Bonchev–Trinajstić information content (AvgIpc) is 2.58. The highest BCUT2D eigenvalue weighted by molar-refractivity contribution is 7.80. The molecule has 0 saturated carbocycles. The highest BCUT2D eigenvalue weighted by Crippen LogP contribution is 2.18. The quantitative estimate of drug-likeness (QED) is 0.641. The van der Waals surface area contributed by atoms with E-state index in [2.05, 4.69) is 58.9 Å². The summed E-state index contributed by atoms with van der Waals surface area (Å²) in [6.07, 6.45) is 2.26. The van der Waals surface area contributed by atoms with Crippen LogP contribution in [0, 0.1) is 6.92 Å². The van der Waals surface area contributed by atoms with Crippen LogP contribution < -0.4 is 10.6 Å². The molecule has 1 aliphatic rings. The van der Waals surface area contributed by atoms with E-state index in [9.17, 15) is 0 Å². The lowest BCUT2D eigenvalue weighted by Gasteiger charge is -2.28. The largest absolute Gasteiger partial charge is 0.362 e. The number of hydrogen-bond donors (Lipinski definition) is 2. The molecule has 0 atom stereocenters. The molecule has 0 aromatic heterocycles. The van der Waals surface area contributed by atoms with Crippen molar-refractivity contribution in [3.8, 4) is 0 Å². The van der Waals surface area contributed by atoms with Crippen LogP contribution in [0.15, 0.2) is 48.5 Å². The summed E-state index contributed by atoms with van der Waals surface area (Å²) < 4.78 is 0. The second kappa shape index (κ2) is 8.27.